The molecule has 0 aromatic heterocycles. The second-order valence-corrected chi connectivity index (χ2v) is 14.9. The Morgan fingerprint density at radius 2 is 1.64 bits per heavy atom. The van der Waals surface area contributed by atoms with Crippen molar-refractivity contribution in [3.05, 3.63) is 77.4 Å². The summed E-state index contributed by atoms with van der Waals surface area (Å²) in [4.78, 5) is 30.2. The van der Waals surface area contributed by atoms with Crippen molar-refractivity contribution in [2.75, 3.05) is 6.61 Å². The van der Waals surface area contributed by atoms with E-state index in [4.69, 9.17) is 4.74 Å². The molecular weight excluding hydrogens is 430 g/mol. The first-order chi connectivity index (χ1) is 15.7. The van der Waals surface area contributed by atoms with Crippen molar-refractivity contribution >= 4 is 31.4 Å². The zero-order chi connectivity index (χ0) is 24.0. The summed E-state index contributed by atoms with van der Waals surface area (Å²) in [6, 6.07) is 19.4. The second kappa shape index (κ2) is 10.5. The molecule has 0 saturated heterocycles. The maximum Gasteiger partial charge on any atom is 0.337 e. The Hall–Kier alpha value is -3.43. The molecule has 1 heterocycles. The number of aliphatic carboxylic acids is 1. The van der Waals surface area contributed by atoms with Gasteiger partial charge >= 0.3 is 11.9 Å². The third-order valence-electron chi connectivity index (χ3n) is 5.40. The minimum Gasteiger partial charge on any atom is -0.481 e. The minimum atomic E-state index is -1.42. The van der Waals surface area contributed by atoms with Gasteiger partial charge in [-0.3, -0.25) is 9.79 Å². The number of ether oxygens (including phenoxy) is 1. The highest BCUT2D eigenvalue weighted by Gasteiger charge is 2.41. The van der Waals surface area contributed by atoms with Crippen molar-refractivity contribution in [3.63, 3.8) is 0 Å². The van der Waals surface area contributed by atoms with Crippen LogP contribution in [0, 0.1) is 23.7 Å². The molecule has 1 aliphatic heterocycles. The van der Waals surface area contributed by atoms with Crippen molar-refractivity contribution in [1.82, 2.24) is 0 Å². The fourth-order valence-electron chi connectivity index (χ4n) is 3.59. The Balaban J connectivity index is 2.12. The van der Waals surface area contributed by atoms with Crippen molar-refractivity contribution < 1.29 is 19.4 Å². The van der Waals surface area contributed by atoms with Crippen LogP contribution >= 0.6 is 0 Å². The third-order valence-corrected chi connectivity index (χ3v) is 7.11. The Labute approximate surface area is 196 Å². The summed E-state index contributed by atoms with van der Waals surface area (Å²) in [5, 5.41) is 10.00. The number of nitrogens with zero attached hydrogens (tertiary/aromatic N) is 1. The number of rotatable bonds is 6. The van der Waals surface area contributed by atoms with Gasteiger partial charge in [0.25, 0.3) is 0 Å². The van der Waals surface area contributed by atoms with Crippen LogP contribution in [0.1, 0.15) is 18.1 Å². The van der Waals surface area contributed by atoms with Crippen LogP contribution in [0.4, 0.5) is 0 Å². The van der Waals surface area contributed by atoms with Gasteiger partial charge in [0.05, 0.1) is 23.8 Å². The van der Waals surface area contributed by atoms with Gasteiger partial charge in [-0.2, -0.15) is 0 Å². The molecule has 0 spiro atoms. The summed E-state index contributed by atoms with van der Waals surface area (Å²) >= 11 is 0. The van der Waals surface area contributed by atoms with Crippen LogP contribution in [0.15, 0.2) is 71.2 Å². The molecule has 2 aromatic rings. The van der Waals surface area contributed by atoms with Crippen molar-refractivity contribution in [3.8, 4) is 11.8 Å². The Bertz CT molecular complexity index is 1140. The predicted octanol–water partition coefficient (Wildman–Crippen LogP) is 5.12. The largest absolute Gasteiger partial charge is 0.481 e. The molecule has 170 valence electrons. The highest BCUT2D eigenvalue weighted by Crippen LogP contribution is 2.36. The van der Waals surface area contributed by atoms with E-state index < -0.39 is 31.8 Å². The average molecular weight is 460 g/mol. The summed E-state index contributed by atoms with van der Waals surface area (Å²) in [6.45, 7) is 8.58. The van der Waals surface area contributed by atoms with E-state index in [1.54, 1.807) is 6.92 Å². The smallest absolute Gasteiger partial charge is 0.337 e. The molecule has 6 heteroatoms. The number of benzene rings is 2. The molecule has 0 amide bonds. The van der Waals surface area contributed by atoms with Crippen molar-refractivity contribution in [1.29, 1.82) is 0 Å². The lowest BCUT2D eigenvalue weighted by atomic mass is 9.79. The molecule has 0 bridgehead atoms. The minimum absolute atomic E-state index is 0.207. The summed E-state index contributed by atoms with van der Waals surface area (Å²) in [5.41, 5.74) is 2.51. The number of hydrogen-bond acceptors (Lipinski definition) is 4. The first-order valence-electron chi connectivity index (χ1n) is 11.0. The fraction of sp³-hybridized carbons (Fsp3) is 0.296. The van der Waals surface area contributed by atoms with Gasteiger partial charge in [-0.05, 0) is 25.1 Å². The summed E-state index contributed by atoms with van der Waals surface area (Å²) in [6.07, 6.45) is 0. The first-order valence-corrected chi connectivity index (χ1v) is 14.7. The van der Waals surface area contributed by atoms with Crippen LogP contribution in [0.3, 0.4) is 0 Å². The lowest BCUT2D eigenvalue weighted by Gasteiger charge is -2.28. The number of carbonyl (C=O) groups excluding carboxylic acids is 1. The van der Waals surface area contributed by atoms with Gasteiger partial charge in [-0.25, -0.2) is 4.79 Å². The molecule has 1 N–H and O–H groups in total. The number of carbonyl (C=O) groups is 2. The molecule has 2 unspecified atom stereocenters. The van der Waals surface area contributed by atoms with Gasteiger partial charge in [0.1, 0.15) is 5.92 Å². The van der Waals surface area contributed by atoms with E-state index in [9.17, 15) is 14.7 Å². The van der Waals surface area contributed by atoms with Crippen LogP contribution in [0.25, 0.3) is 5.70 Å². The fourth-order valence-corrected chi connectivity index (χ4v) is 4.30. The number of carboxylic acid groups (broad SMARTS) is 1. The Morgan fingerprint density at radius 3 is 2.21 bits per heavy atom. The van der Waals surface area contributed by atoms with E-state index in [0.717, 1.165) is 17.2 Å². The topological polar surface area (TPSA) is 76.0 Å². The Kier molecular flexibility index (Phi) is 7.67. The van der Waals surface area contributed by atoms with Gasteiger partial charge in [0.15, 0.2) is 0 Å². The lowest BCUT2D eigenvalue weighted by Crippen LogP contribution is -2.36. The van der Waals surface area contributed by atoms with Gasteiger partial charge < -0.3 is 9.84 Å². The van der Waals surface area contributed by atoms with Crippen LogP contribution in [0.2, 0.25) is 25.7 Å². The van der Waals surface area contributed by atoms with Crippen LogP contribution in [-0.4, -0.2) is 37.4 Å². The number of esters is 1. The van der Waals surface area contributed by atoms with Crippen molar-refractivity contribution in [2.45, 2.75) is 32.6 Å². The van der Waals surface area contributed by atoms with E-state index in [-0.39, 0.29) is 5.57 Å². The molecule has 1 aliphatic rings. The lowest BCUT2D eigenvalue weighted by molar-refractivity contribution is -0.141. The van der Waals surface area contributed by atoms with E-state index in [2.05, 4.69) is 36.5 Å². The van der Waals surface area contributed by atoms with E-state index in [1.807, 2.05) is 60.7 Å². The molecule has 0 fully saturated rings. The molecule has 2 aromatic carbocycles. The molecule has 33 heavy (non-hydrogen) atoms. The third kappa shape index (κ3) is 6.30. The summed E-state index contributed by atoms with van der Waals surface area (Å²) < 4.78 is 5.66. The highest BCUT2D eigenvalue weighted by molar-refractivity contribution is 6.76. The molecule has 5 nitrogen and oxygen atoms in total. The maximum atomic E-state index is 13.4. The van der Waals surface area contributed by atoms with Crippen LogP contribution < -0.4 is 0 Å². The zero-order valence-corrected chi connectivity index (χ0v) is 20.5. The normalized spacial score (nSPS) is 18.1. The van der Waals surface area contributed by atoms with Gasteiger partial charge in [-0.1, -0.05) is 80.0 Å². The Morgan fingerprint density at radius 1 is 1.03 bits per heavy atom. The highest BCUT2D eigenvalue weighted by atomic mass is 28.3. The second-order valence-electron chi connectivity index (χ2n) is 9.26. The predicted molar refractivity (Wildman–Crippen MR) is 134 cm³/mol. The maximum absolute atomic E-state index is 13.4. The monoisotopic (exact) mass is 459 g/mol. The van der Waals surface area contributed by atoms with Crippen LogP contribution in [-0.2, 0) is 14.3 Å². The number of aliphatic imine (C=N–C) groups is 1. The number of hydrogen-bond donors (Lipinski definition) is 1. The van der Waals surface area contributed by atoms with Crippen molar-refractivity contribution in [2.24, 2.45) is 16.8 Å². The summed E-state index contributed by atoms with van der Waals surface area (Å²) in [5.74, 6) is 2.59. The molecule has 0 aliphatic carbocycles. The molecular formula is C27H29NO4Si. The van der Waals surface area contributed by atoms with E-state index in [0.29, 0.717) is 18.0 Å². The number of carboxylic acids is 1. The molecule has 2 atom stereocenters. The van der Waals surface area contributed by atoms with E-state index in [1.165, 1.54) is 0 Å². The SMILES string of the molecule is CC1=NC(c2ccccc2)=C(C(=O)OCC[Si](C)(C)C)C(C#Cc2ccccc2)C1C(=O)O. The average Bonchev–Trinajstić information content (AvgIpc) is 2.77. The quantitative estimate of drug-likeness (QED) is 0.369. The molecule has 0 saturated carbocycles. The van der Waals surface area contributed by atoms with Gasteiger partial charge in [0, 0.05) is 24.9 Å². The van der Waals surface area contributed by atoms with Crippen LogP contribution in [0.5, 0.6) is 0 Å². The first kappa shape index (κ1) is 24.2. The molecule has 0 radical (unpaired) electrons. The van der Waals surface area contributed by atoms with Gasteiger partial charge in [-0.15, -0.1) is 0 Å². The zero-order valence-electron chi connectivity index (χ0n) is 19.5. The standard InChI is InChI=1S/C27H29NO4Si/c1-19-23(26(29)30)22(16-15-20-11-7-5-8-12-20)24(27(31)32-17-18-33(2,3)4)25(28-19)21-13-9-6-10-14-21/h5-14,22-23H,17-18H2,1-4H3,(H,29,30). The molecule has 3 rings (SSSR count). The van der Waals surface area contributed by atoms with Gasteiger partial charge in [0.2, 0.25) is 0 Å². The summed E-state index contributed by atoms with van der Waals surface area (Å²) in [7, 11) is -1.42. The van der Waals surface area contributed by atoms with E-state index >= 15 is 0 Å².